The predicted molar refractivity (Wildman–Crippen MR) is 85.1 cm³/mol. The van der Waals surface area contributed by atoms with E-state index in [2.05, 4.69) is 50.4 Å². The van der Waals surface area contributed by atoms with E-state index in [1.807, 2.05) is 11.8 Å². The molecule has 0 radical (unpaired) electrons. The summed E-state index contributed by atoms with van der Waals surface area (Å²) in [5, 5.41) is 12.5. The van der Waals surface area contributed by atoms with Gasteiger partial charge in [0.05, 0.1) is 5.92 Å². The fourth-order valence-corrected chi connectivity index (χ4v) is 2.89. The van der Waals surface area contributed by atoms with Crippen LogP contribution in [-0.4, -0.2) is 23.4 Å². The highest BCUT2D eigenvalue weighted by atomic mass is 32.2. The van der Waals surface area contributed by atoms with Gasteiger partial charge in [0.1, 0.15) is 0 Å². The number of aliphatic carboxylic acids is 1. The Balaban J connectivity index is 2.45. The van der Waals surface area contributed by atoms with Crippen molar-refractivity contribution in [3.05, 3.63) is 29.8 Å². The molecular weight excluding hydrogens is 270 g/mol. The zero-order valence-corrected chi connectivity index (χ0v) is 13.4. The van der Waals surface area contributed by atoms with Gasteiger partial charge >= 0.3 is 5.97 Å². The van der Waals surface area contributed by atoms with E-state index in [0.29, 0.717) is 18.9 Å². The van der Waals surface area contributed by atoms with Crippen LogP contribution >= 0.6 is 11.8 Å². The lowest BCUT2D eigenvalue weighted by molar-refractivity contribution is -0.142. The van der Waals surface area contributed by atoms with Crippen molar-refractivity contribution in [1.82, 2.24) is 5.32 Å². The monoisotopic (exact) mass is 295 g/mol. The molecule has 0 saturated carbocycles. The summed E-state index contributed by atoms with van der Waals surface area (Å²) < 4.78 is 0. The standard InChI is InChI=1S/C16H25NO2S/c1-4-20-15-7-5-6-13(9-15)10-17-11-14(16(18)19)8-12(2)3/h5-7,9,12,14,17H,4,8,10-11H2,1-3H3,(H,18,19). The van der Waals surface area contributed by atoms with Crippen molar-refractivity contribution in [3.8, 4) is 0 Å². The Hall–Kier alpha value is -1.00. The molecule has 20 heavy (non-hydrogen) atoms. The Morgan fingerprint density at radius 1 is 1.40 bits per heavy atom. The quantitative estimate of drug-likeness (QED) is 0.683. The second kappa shape index (κ2) is 9.03. The first-order valence-corrected chi connectivity index (χ1v) is 8.16. The predicted octanol–water partition coefficient (Wildman–Crippen LogP) is 3.64. The second-order valence-electron chi connectivity index (χ2n) is 5.38. The van der Waals surface area contributed by atoms with E-state index in [9.17, 15) is 9.90 Å². The third-order valence-corrected chi connectivity index (χ3v) is 3.91. The van der Waals surface area contributed by atoms with Crippen molar-refractivity contribution in [2.24, 2.45) is 11.8 Å². The summed E-state index contributed by atoms with van der Waals surface area (Å²) in [6, 6.07) is 8.40. The molecule has 0 spiro atoms. The molecule has 0 aliphatic carbocycles. The van der Waals surface area contributed by atoms with Crippen molar-refractivity contribution >= 4 is 17.7 Å². The van der Waals surface area contributed by atoms with Crippen molar-refractivity contribution < 1.29 is 9.90 Å². The number of benzene rings is 1. The molecule has 0 heterocycles. The van der Waals surface area contributed by atoms with Crippen LogP contribution in [-0.2, 0) is 11.3 Å². The molecule has 0 aliphatic rings. The molecule has 112 valence electrons. The van der Waals surface area contributed by atoms with Crippen LogP contribution < -0.4 is 5.32 Å². The lowest BCUT2D eigenvalue weighted by Gasteiger charge is -2.15. The van der Waals surface area contributed by atoms with E-state index in [-0.39, 0.29) is 5.92 Å². The molecule has 1 rings (SSSR count). The molecule has 1 aromatic rings. The average molecular weight is 295 g/mol. The molecule has 0 amide bonds. The van der Waals surface area contributed by atoms with Crippen molar-refractivity contribution in [2.45, 2.75) is 38.6 Å². The van der Waals surface area contributed by atoms with Crippen LogP contribution in [0.3, 0.4) is 0 Å². The minimum absolute atomic E-state index is 0.303. The molecule has 1 unspecified atom stereocenters. The summed E-state index contributed by atoms with van der Waals surface area (Å²) in [4.78, 5) is 12.4. The third kappa shape index (κ3) is 6.44. The van der Waals surface area contributed by atoms with E-state index < -0.39 is 5.97 Å². The number of thioether (sulfide) groups is 1. The lowest BCUT2D eigenvalue weighted by Crippen LogP contribution is -2.29. The maximum Gasteiger partial charge on any atom is 0.307 e. The van der Waals surface area contributed by atoms with Crippen molar-refractivity contribution in [1.29, 1.82) is 0 Å². The summed E-state index contributed by atoms with van der Waals surface area (Å²) in [7, 11) is 0. The van der Waals surface area contributed by atoms with Gasteiger partial charge in [-0.3, -0.25) is 4.79 Å². The molecule has 0 saturated heterocycles. The molecule has 0 aliphatic heterocycles. The maximum atomic E-state index is 11.2. The molecule has 0 bridgehead atoms. The summed E-state index contributed by atoms with van der Waals surface area (Å²) >= 11 is 1.82. The van der Waals surface area contributed by atoms with Gasteiger partial charge in [0, 0.05) is 18.0 Å². The van der Waals surface area contributed by atoms with Gasteiger partial charge in [-0.1, -0.05) is 32.9 Å². The van der Waals surface area contributed by atoms with Gasteiger partial charge in [-0.25, -0.2) is 0 Å². The largest absolute Gasteiger partial charge is 0.481 e. The van der Waals surface area contributed by atoms with Gasteiger partial charge in [0.15, 0.2) is 0 Å². The fourth-order valence-electron chi connectivity index (χ4n) is 2.14. The number of hydrogen-bond donors (Lipinski definition) is 2. The van der Waals surface area contributed by atoms with Gasteiger partial charge in [0.2, 0.25) is 0 Å². The van der Waals surface area contributed by atoms with Crippen LogP contribution in [0.1, 0.15) is 32.8 Å². The van der Waals surface area contributed by atoms with E-state index in [1.54, 1.807) is 0 Å². The van der Waals surface area contributed by atoms with Crippen LogP contribution in [0.25, 0.3) is 0 Å². The summed E-state index contributed by atoms with van der Waals surface area (Å²) in [6.45, 7) is 7.50. The first-order valence-electron chi connectivity index (χ1n) is 7.18. The molecule has 1 atom stereocenters. The van der Waals surface area contributed by atoms with Gasteiger partial charge in [-0.05, 0) is 35.8 Å². The molecule has 4 heteroatoms. The molecule has 3 nitrogen and oxygen atoms in total. The summed E-state index contributed by atoms with van der Waals surface area (Å²) in [6.07, 6.45) is 0.716. The molecule has 1 aromatic carbocycles. The topological polar surface area (TPSA) is 49.3 Å². The van der Waals surface area contributed by atoms with E-state index in [1.165, 1.54) is 10.5 Å². The Labute approximate surface area is 126 Å². The zero-order valence-electron chi connectivity index (χ0n) is 12.6. The van der Waals surface area contributed by atoms with E-state index in [4.69, 9.17) is 0 Å². The Kier molecular flexibility index (Phi) is 7.70. The minimum Gasteiger partial charge on any atom is -0.481 e. The highest BCUT2D eigenvalue weighted by molar-refractivity contribution is 7.99. The smallest absolute Gasteiger partial charge is 0.307 e. The number of nitrogens with one attached hydrogen (secondary N) is 1. The summed E-state index contributed by atoms with van der Waals surface area (Å²) in [5.74, 6) is 0.457. The fraction of sp³-hybridized carbons (Fsp3) is 0.562. The number of carboxylic acid groups (broad SMARTS) is 1. The first kappa shape index (κ1) is 17.1. The normalized spacial score (nSPS) is 12.6. The van der Waals surface area contributed by atoms with Crippen LogP contribution in [0.4, 0.5) is 0 Å². The van der Waals surface area contributed by atoms with E-state index in [0.717, 1.165) is 12.3 Å². The van der Waals surface area contributed by atoms with Crippen LogP contribution in [0.15, 0.2) is 29.2 Å². The number of rotatable bonds is 9. The Morgan fingerprint density at radius 2 is 2.15 bits per heavy atom. The van der Waals surface area contributed by atoms with Crippen LogP contribution in [0, 0.1) is 11.8 Å². The Bertz CT molecular complexity index is 421. The summed E-state index contributed by atoms with van der Waals surface area (Å²) in [5.41, 5.74) is 1.21. The first-order chi connectivity index (χ1) is 9.52. The number of hydrogen-bond acceptors (Lipinski definition) is 3. The second-order valence-corrected chi connectivity index (χ2v) is 6.71. The van der Waals surface area contributed by atoms with Crippen LogP contribution in [0.5, 0.6) is 0 Å². The number of carboxylic acids is 1. The van der Waals surface area contributed by atoms with E-state index >= 15 is 0 Å². The van der Waals surface area contributed by atoms with Gasteiger partial charge in [-0.2, -0.15) is 0 Å². The van der Waals surface area contributed by atoms with Gasteiger partial charge < -0.3 is 10.4 Å². The van der Waals surface area contributed by atoms with Crippen molar-refractivity contribution in [3.63, 3.8) is 0 Å². The SMILES string of the molecule is CCSc1cccc(CNCC(CC(C)C)C(=O)O)c1. The van der Waals surface area contributed by atoms with Gasteiger partial charge in [0.25, 0.3) is 0 Å². The van der Waals surface area contributed by atoms with Gasteiger partial charge in [-0.15, -0.1) is 11.8 Å². The molecule has 0 fully saturated rings. The van der Waals surface area contributed by atoms with Crippen molar-refractivity contribution in [2.75, 3.05) is 12.3 Å². The van der Waals surface area contributed by atoms with Crippen LogP contribution in [0.2, 0.25) is 0 Å². The lowest BCUT2D eigenvalue weighted by atomic mass is 9.97. The minimum atomic E-state index is -0.707. The molecule has 0 aromatic heterocycles. The molecular formula is C16H25NO2S. The average Bonchev–Trinajstić information content (AvgIpc) is 2.38. The Morgan fingerprint density at radius 3 is 2.75 bits per heavy atom. The third-order valence-electron chi connectivity index (χ3n) is 3.03. The highest BCUT2D eigenvalue weighted by Crippen LogP contribution is 2.18. The number of carbonyl (C=O) groups is 1. The maximum absolute atomic E-state index is 11.2. The zero-order chi connectivity index (χ0) is 15.0. The molecule has 2 N–H and O–H groups in total. The highest BCUT2D eigenvalue weighted by Gasteiger charge is 2.18.